The molecule has 1 aromatic carbocycles. The normalized spacial score (nSPS) is 14.9. The van der Waals surface area contributed by atoms with E-state index in [0.717, 1.165) is 37.4 Å². The van der Waals surface area contributed by atoms with Crippen molar-refractivity contribution in [2.24, 2.45) is 0 Å². The van der Waals surface area contributed by atoms with E-state index in [-0.39, 0.29) is 18.7 Å². The third-order valence-corrected chi connectivity index (χ3v) is 4.87. The van der Waals surface area contributed by atoms with Crippen LogP contribution >= 0.6 is 0 Å². The Kier molecular flexibility index (Phi) is 4.71. The number of aliphatic hydroxyl groups excluding tert-OH is 1. The number of rotatable bonds is 5. The van der Waals surface area contributed by atoms with Crippen molar-refractivity contribution in [2.45, 2.75) is 32.4 Å². The third kappa shape index (κ3) is 3.10. The molecule has 0 amide bonds. The van der Waals surface area contributed by atoms with Crippen LogP contribution < -0.4 is 10.5 Å². The molecule has 4 rings (SSSR count). The lowest BCUT2D eigenvalue weighted by Crippen LogP contribution is -2.32. The van der Waals surface area contributed by atoms with Crippen molar-refractivity contribution in [3.63, 3.8) is 0 Å². The zero-order valence-electron chi connectivity index (χ0n) is 14.7. The van der Waals surface area contributed by atoms with Crippen LogP contribution in [-0.4, -0.2) is 44.1 Å². The summed E-state index contributed by atoms with van der Waals surface area (Å²) in [7, 11) is 0. The fourth-order valence-electron chi connectivity index (χ4n) is 3.58. The lowest BCUT2D eigenvalue weighted by atomic mass is 10.1. The first kappa shape index (κ1) is 16.8. The molecule has 0 bridgehead atoms. The van der Waals surface area contributed by atoms with Gasteiger partial charge < -0.3 is 14.6 Å². The van der Waals surface area contributed by atoms with Gasteiger partial charge in [0.15, 0.2) is 0 Å². The highest BCUT2D eigenvalue weighted by atomic mass is 16.3. The maximum atomic E-state index is 12.9. The molecule has 2 aromatic heterocycles. The second-order valence-corrected chi connectivity index (χ2v) is 6.66. The van der Waals surface area contributed by atoms with Gasteiger partial charge in [-0.2, -0.15) is 5.10 Å². The van der Waals surface area contributed by atoms with E-state index in [1.807, 2.05) is 22.8 Å². The van der Waals surface area contributed by atoms with Gasteiger partial charge in [-0.1, -0.05) is 30.3 Å². The molecule has 0 radical (unpaired) electrons. The Morgan fingerprint density at radius 2 is 1.85 bits per heavy atom. The van der Waals surface area contributed by atoms with Crippen LogP contribution in [0.4, 0.5) is 5.95 Å². The van der Waals surface area contributed by atoms with Crippen LogP contribution in [0, 0.1) is 0 Å². The van der Waals surface area contributed by atoms with E-state index in [1.54, 1.807) is 6.20 Å². The van der Waals surface area contributed by atoms with Crippen LogP contribution in [0.1, 0.15) is 24.8 Å². The van der Waals surface area contributed by atoms with Crippen molar-refractivity contribution in [3.8, 4) is 0 Å². The first-order chi connectivity index (χ1) is 12.8. The van der Waals surface area contributed by atoms with Crippen molar-refractivity contribution in [2.75, 3.05) is 24.6 Å². The number of anilines is 1. The van der Waals surface area contributed by atoms with Gasteiger partial charge in [-0.15, -0.1) is 0 Å². The summed E-state index contributed by atoms with van der Waals surface area (Å²) in [5.74, 6) is 0.837. The topological polar surface area (TPSA) is 76.2 Å². The minimum absolute atomic E-state index is 0.121. The second kappa shape index (κ2) is 7.29. The molecule has 0 spiro atoms. The van der Waals surface area contributed by atoms with Gasteiger partial charge in [-0.3, -0.25) is 4.79 Å². The van der Waals surface area contributed by atoms with Gasteiger partial charge in [0.1, 0.15) is 11.0 Å². The van der Waals surface area contributed by atoms with Crippen molar-refractivity contribution in [1.82, 2.24) is 19.3 Å². The molecular weight excluding hydrogens is 330 g/mol. The molecule has 1 N–H and O–H groups in total. The minimum atomic E-state index is -0.205. The van der Waals surface area contributed by atoms with E-state index < -0.39 is 0 Å². The highest BCUT2D eigenvalue weighted by molar-refractivity contribution is 5.77. The number of imidazole rings is 1. The standard InChI is InChI=1S/C19H23N5O2/c25-12-11-24-18(26)17-16(13-20-24)21-19(22-9-5-2-6-10-22)23(17)14-15-7-3-1-4-8-15/h1,3-4,7-8,13,25H,2,5-6,9-12,14H2. The molecule has 7 heteroatoms. The van der Waals surface area contributed by atoms with Gasteiger partial charge in [-0.05, 0) is 24.8 Å². The molecule has 0 saturated carbocycles. The molecule has 136 valence electrons. The summed E-state index contributed by atoms with van der Waals surface area (Å²) in [6.07, 6.45) is 5.14. The summed E-state index contributed by atoms with van der Waals surface area (Å²) in [5.41, 5.74) is 2.08. The molecule has 3 aromatic rings. The van der Waals surface area contributed by atoms with Gasteiger partial charge in [0.2, 0.25) is 5.95 Å². The smallest absolute Gasteiger partial charge is 0.293 e. The maximum Gasteiger partial charge on any atom is 0.293 e. The first-order valence-corrected chi connectivity index (χ1v) is 9.14. The predicted octanol–water partition coefficient (Wildman–Crippen LogP) is 1.62. The number of hydrogen-bond donors (Lipinski definition) is 1. The predicted molar refractivity (Wildman–Crippen MR) is 100 cm³/mol. The quantitative estimate of drug-likeness (QED) is 0.754. The molecule has 3 heterocycles. The number of aliphatic hydroxyl groups is 1. The van der Waals surface area contributed by atoms with Crippen molar-refractivity contribution in [3.05, 3.63) is 52.4 Å². The molecule has 7 nitrogen and oxygen atoms in total. The summed E-state index contributed by atoms with van der Waals surface area (Å²) in [6, 6.07) is 10.1. The minimum Gasteiger partial charge on any atom is -0.394 e. The summed E-state index contributed by atoms with van der Waals surface area (Å²) in [6.45, 7) is 2.56. The van der Waals surface area contributed by atoms with Gasteiger partial charge in [0.05, 0.1) is 25.9 Å². The molecule has 1 fully saturated rings. The molecule has 1 aliphatic rings. The van der Waals surface area contributed by atoms with Crippen molar-refractivity contribution in [1.29, 1.82) is 0 Å². The van der Waals surface area contributed by atoms with Crippen LogP contribution in [0.15, 0.2) is 41.3 Å². The number of nitrogens with zero attached hydrogens (tertiary/aromatic N) is 5. The Morgan fingerprint density at radius 3 is 2.58 bits per heavy atom. The SMILES string of the molecule is O=c1c2c(cnn1CCO)nc(N1CCCCC1)n2Cc1ccccc1. The fourth-order valence-corrected chi connectivity index (χ4v) is 3.58. The van der Waals surface area contributed by atoms with E-state index >= 15 is 0 Å². The number of aromatic nitrogens is 4. The average Bonchev–Trinajstić information content (AvgIpc) is 3.05. The second-order valence-electron chi connectivity index (χ2n) is 6.66. The van der Waals surface area contributed by atoms with Gasteiger partial charge >= 0.3 is 0 Å². The Hall–Kier alpha value is -2.67. The first-order valence-electron chi connectivity index (χ1n) is 9.14. The lowest BCUT2D eigenvalue weighted by Gasteiger charge is -2.28. The zero-order chi connectivity index (χ0) is 17.9. The van der Waals surface area contributed by atoms with Crippen LogP contribution in [0.2, 0.25) is 0 Å². The Bertz CT molecular complexity index is 942. The Balaban J connectivity index is 1.87. The summed E-state index contributed by atoms with van der Waals surface area (Å²) in [4.78, 5) is 19.9. The van der Waals surface area contributed by atoms with Crippen LogP contribution in [0.25, 0.3) is 11.0 Å². The van der Waals surface area contributed by atoms with E-state index in [4.69, 9.17) is 4.98 Å². The van der Waals surface area contributed by atoms with Gasteiger partial charge in [0.25, 0.3) is 5.56 Å². The molecule has 1 saturated heterocycles. The Labute approximate surface area is 151 Å². The highest BCUT2D eigenvalue weighted by Gasteiger charge is 2.22. The highest BCUT2D eigenvalue weighted by Crippen LogP contribution is 2.24. The number of hydrogen-bond acceptors (Lipinski definition) is 5. The average molecular weight is 353 g/mol. The maximum absolute atomic E-state index is 12.9. The number of benzene rings is 1. The molecule has 0 atom stereocenters. The van der Waals surface area contributed by atoms with E-state index in [0.29, 0.717) is 17.6 Å². The monoisotopic (exact) mass is 353 g/mol. The van der Waals surface area contributed by atoms with E-state index in [1.165, 1.54) is 11.1 Å². The van der Waals surface area contributed by atoms with E-state index in [2.05, 4.69) is 22.1 Å². The molecule has 0 unspecified atom stereocenters. The number of piperidine rings is 1. The van der Waals surface area contributed by atoms with Crippen molar-refractivity contribution >= 4 is 17.0 Å². The number of fused-ring (bicyclic) bond motifs is 1. The van der Waals surface area contributed by atoms with Gasteiger partial charge in [0, 0.05) is 13.1 Å². The van der Waals surface area contributed by atoms with E-state index in [9.17, 15) is 9.90 Å². The molecule has 0 aliphatic carbocycles. The fraction of sp³-hybridized carbons (Fsp3) is 0.421. The van der Waals surface area contributed by atoms with Gasteiger partial charge in [-0.25, -0.2) is 9.67 Å². The molecule has 1 aliphatic heterocycles. The van der Waals surface area contributed by atoms with Crippen molar-refractivity contribution < 1.29 is 5.11 Å². The van der Waals surface area contributed by atoms with Crippen LogP contribution in [-0.2, 0) is 13.1 Å². The summed E-state index contributed by atoms with van der Waals surface area (Å²) in [5, 5.41) is 13.4. The molecular formula is C19H23N5O2. The lowest BCUT2D eigenvalue weighted by molar-refractivity contribution is 0.266. The zero-order valence-corrected chi connectivity index (χ0v) is 14.7. The largest absolute Gasteiger partial charge is 0.394 e. The van der Waals surface area contributed by atoms with Crippen LogP contribution in [0.3, 0.4) is 0 Å². The summed E-state index contributed by atoms with van der Waals surface area (Å²) < 4.78 is 3.32. The Morgan fingerprint density at radius 1 is 1.08 bits per heavy atom. The molecule has 26 heavy (non-hydrogen) atoms. The third-order valence-electron chi connectivity index (χ3n) is 4.87. The summed E-state index contributed by atoms with van der Waals surface area (Å²) >= 11 is 0. The van der Waals surface area contributed by atoms with Crippen LogP contribution in [0.5, 0.6) is 0 Å².